The molecular weight excluding hydrogens is 204 g/mol. The molecule has 9 heteroatoms. The molecule has 0 saturated carbocycles. The topological polar surface area (TPSA) is 98.0 Å². The van der Waals surface area contributed by atoms with E-state index in [1.54, 1.807) is 0 Å². The first-order valence-corrected chi connectivity index (χ1v) is 4.89. The summed E-state index contributed by atoms with van der Waals surface area (Å²) >= 11 is 4.62. The van der Waals surface area contributed by atoms with E-state index in [-0.39, 0.29) is 11.7 Å². The average Bonchev–Trinajstić information content (AvgIpc) is 2.29. The molecule has 67 valence electrons. The Morgan fingerprint density at radius 1 is 1.58 bits per heavy atom. The minimum absolute atomic E-state index is 0.0370. The van der Waals surface area contributed by atoms with Crippen LogP contribution in [0, 0.1) is 0 Å². The van der Waals surface area contributed by atoms with Gasteiger partial charge in [0.25, 0.3) is 10.1 Å². The van der Waals surface area contributed by atoms with Crippen molar-refractivity contribution in [1.29, 1.82) is 0 Å². The van der Waals surface area contributed by atoms with Crippen molar-refractivity contribution < 1.29 is 13.0 Å². The summed E-state index contributed by atoms with van der Waals surface area (Å²) < 4.78 is 30.0. The van der Waals surface area contributed by atoms with Gasteiger partial charge in [-0.05, 0) is 23.1 Å². The van der Waals surface area contributed by atoms with Crippen LogP contribution in [0.15, 0.2) is 5.16 Å². The highest BCUT2D eigenvalue weighted by Crippen LogP contribution is 1.97. The minimum Gasteiger partial charge on any atom is -0.285 e. The van der Waals surface area contributed by atoms with Gasteiger partial charge in [-0.25, -0.2) is 4.68 Å². The van der Waals surface area contributed by atoms with E-state index in [2.05, 4.69) is 28.2 Å². The number of nitrogens with zero attached hydrogens (tertiary/aromatic N) is 4. The van der Waals surface area contributed by atoms with Crippen molar-refractivity contribution in [2.45, 2.75) is 11.7 Å². The van der Waals surface area contributed by atoms with Crippen molar-refractivity contribution in [3.8, 4) is 0 Å². The van der Waals surface area contributed by atoms with Gasteiger partial charge in [-0.1, -0.05) is 5.10 Å². The lowest BCUT2D eigenvalue weighted by atomic mass is 10.8. The van der Waals surface area contributed by atoms with E-state index in [1.165, 1.54) is 0 Å². The molecule has 0 aromatic carbocycles. The zero-order valence-electron chi connectivity index (χ0n) is 5.78. The van der Waals surface area contributed by atoms with E-state index in [4.69, 9.17) is 4.55 Å². The number of rotatable bonds is 3. The SMILES string of the molecule is O=S(=O)(O)CCn1nnnc1[S]. The second kappa shape index (κ2) is 3.29. The van der Waals surface area contributed by atoms with Crippen molar-refractivity contribution in [2.75, 3.05) is 5.75 Å². The Kier molecular flexibility index (Phi) is 2.55. The summed E-state index contributed by atoms with van der Waals surface area (Å²) in [7, 11) is -3.98. The number of aryl methyl sites for hydroxylation is 1. The van der Waals surface area contributed by atoms with Gasteiger partial charge in [0.1, 0.15) is 0 Å². The molecular formula is C3H5N4O3S2. The molecule has 1 rings (SSSR count). The number of hydrogen-bond acceptors (Lipinski definition) is 5. The van der Waals surface area contributed by atoms with Gasteiger partial charge < -0.3 is 0 Å². The van der Waals surface area contributed by atoms with Crippen LogP contribution in [0.1, 0.15) is 0 Å². The molecule has 1 radical (unpaired) electrons. The fourth-order valence-electron chi connectivity index (χ4n) is 0.539. The molecule has 1 heterocycles. The average molecular weight is 209 g/mol. The van der Waals surface area contributed by atoms with Crippen LogP contribution in [0.3, 0.4) is 0 Å². The van der Waals surface area contributed by atoms with Crippen LogP contribution in [0.4, 0.5) is 0 Å². The molecule has 0 amide bonds. The van der Waals surface area contributed by atoms with Crippen molar-refractivity contribution in [1.82, 2.24) is 20.2 Å². The summed E-state index contributed by atoms with van der Waals surface area (Å²) in [6.07, 6.45) is 0. The molecule has 0 saturated heterocycles. The second-order valence-electron chi connectivity index (χ2n) is 1.97. The van der Waals surface area contributed by atoms with Crippen molar-refractivity contribution in [3.63, 3.8) is 0 Å². The maximum atomic E-state index is 10.3. The Morgan fingerprint density at radius 3 is 2.67 bits per heavy atom. The molecule has 0 unspecified atom stereocenters. The van der Waals surface area contributed by atoms with Gasteiger partial charge >= 0.3 is 0 Å². The lowest BCUT2D eigenvalue weighted by Crippen LogP contribution is -2.13. The summed E-state index contributed by atoms with van der Waals surface area (Å²) in [5.74, 6) is -0.443. The highest BCUT2D eigenvalue weighted by molar-refractivity contribution is 7.85. The number of tetrazole rings is 1. The van der Waals surface area contributed by atoms with Gasteiger partial charge in [0, 0.05) is 0 Å². The molecule has 12 heavy (non-hydrogen) atoms. The maximum Gasteiger partial charge on any atom is 0.266 e. The third-order valence-electron chi connectivity index (χ3n) is 1.06. The Labute approximate surface area is 73.9 Å². The van der Waals surface area contributed by atoms with E-state index in [1.807, 2.05) is 0 Å². The lowest BCUT2D eigenvalue weighted by Gasteiger charge is -1.96. The number of aromatic nitrogens is 4. The van der Waals surface area contributed by atoms with Crippen LogP contribution < -0.4 is 0 Å². The smallest absolute Gasteiger partial charge is 0.266 e. The molecule has 0 spiro atoms. The summed E-state index contributed by atoms with van der Waals surface area (Å²) in [5.41, 5.74) is 0. The molecule has 1 aromatic rings. The monoisotopic (exact) mass is 209 g/mol. The van der Waals surface area contributed by atoms with Crippen LogP contribution in [-0.4, -0.2) is 38.9 Å². The van der Waals surface area contributed by atoms with E-state index in [9.17, 15) is 8.42 Å². The highest BCUT2D eigenvalue weighted by Gasteiger charge is 2.08. The van der Waals surface area contributed by atoms with Gasteiger partial charge in [0.05, 0.1) is 12.3 Å². The van der Waals surface area contributed by atoms with E-state index in [0.29, 0.717) is 0 Å². The van der Waals surface area contributed by atoms with E-state index >= 15 is 0 Å². The fourth-order valence-corrected chi connectivity index (χ4v) is 1.11. The summed E-state index contributed by atoms with van der Waals surface area (Å²) in [5, 5.41) is 10.1. The van der Waals surface area contributed by atoms with E-state index < -0.39 is 15.9 Å². The molecule has 0 fully saturated rings. The molecule has 0 bridgehead atoms. The highest BCUT2D eigenvalue weighted by atomic mass is 32.2. The fraction of sp³-hybridized carbons (Fsp3) is 0.667. The molecule has 0 aliphatic rings. The maximum absolute atomic E-state index is 10.3. The first-order chi connectivity index (χ1) is 5.49. The minimum atomic E-state index is -3.98. The second-order valence-corrected chi connectivity index (χ2v) is 3.91. The predicted octanol–water partition coefficient (Wildman–Crippen LogP) is -0.883. The van der Waals surface area contributed by atoms with Crippen molar-refractivity contribution in [2.24, 2.45) is 0 Å². The number of hydrogen-bond donors (Lipinski definition) is 1. The predicted molar refractivity (Wildman–Crippen MR) is 40.1 cm³/mol. The Balaban J connectivity index is 2.61. The first-order valence-electron chi connectivity index (χ1n) is 2.87. The van der Waals surface area contributed by atoms with Gasteiger partial charge in [-0.3, -0.25) is 4.55 Å². The van der Waals surface area contributed by atoms with Crippen molar-refractivity contribution in [3.05, 3.63) is 0 Å². The molecule has 7 nitrogen and oxygen atoms in total. The quantitative estimate of drug-likeness (QED) is 0.649. The Bertz CT molecular complexity index is 357. The normalized spacial score (nSPS) is 11.8. The van der Waals surface area contributed by atoms with Crippen molar-refractivity contribution >= 4 is 22.7 Å². The van der Waals surface area contributed by atoms with Crippen LogP contribution in [0.5, 0.6) is 0 Å². The standard InChI is InChI=1S/C3H5N4O3S2/c8-12(9,10)2-1-7-3(11)4-5-6-7/h1-2H2,(H,8,9,10). The zero-order chi connectivity index (χ0) is 9.19. The van der Waals surface area contributed by atoms with Crippen LogP contribution >= 0.6 is 12.6 Å². The molecule has 1 aromatic heterocycles. The summed E-state index contributed by atoms with van der Waals surface area (Å²) in [4.78, 5) is 0. The van der Waals surface area contributed by atoms with Crippen LogP contribution in [0.25, 0.3) is 0 Å². The molecule has 1 N–H and O–H groups in total. The third-order valence-corrected chi connectivity index (χ3v) is 2.05. The van der Waals surface area contributed by atoms with E-state index in [0.717, 1.165) is 4.68 Å². The summed E-state index contributed by atoms with van der Waals surface area (Å²) in [6, 6.07) is 0. The van der Waals surface area contributed by atoms with Gasteiger partial charge in [-0.2, -0.15) is 8.42 Å². The molecule has 0 aliphatic carbocycles. The first kappa shape index (κ1) is 9.29. The largest absolute Gasteiger partial charge is 0.285 e. The van der Waals surface area contributed by atoms with Crippen LogP contribution in [-0.2, 0) is 16.7 Å². The Morgan fingerprint density at radius 2 is 2.25 bits per heavy atom. The lowest BCUT2D eigenvalue weighted by molar-refractivity contribution is 0.471. The molecule has 0 aliphatic heterocycles. The Hall–Kier alpha value is -0.800. The van der Waals surface area contributed by atoms with Gasteiger partial charge in [-0.15, -0.1) is 0 Å². The zero-order valence-corrected chi connectivity index (χ0v) is 7.42. The van der Waals surface area contributed by atoms with Gasteiger partial charge in [0.15, 0.2) is 0 Å². The van der Waals surface area contributed by atoms with Crippen LogP contribution in [0.2, 0.25) is 0 Å². The molecule has 0 atom stereocenters. The third kappa shape index (κ3) is 2.68. The summed E-state index contributed by atoms with van der Waals surface area (Å²) in [6.45, 7) is -0.0370. The van der Waals surface area contributed by atoms with Gasteiger partial charge in [0.2, 0.25) is 5.16 Å².